The number of nitrogens with one attached hydrogen (secondary N) is 2. The van der Waals surface area contributed by atoms with Gasteiger partial charge in [0, 0.05) is 12.2 Å². The fourth-order valence-corrected chi connectivity index (χ4v) is 2.91. The summed E-state index contributed by atoms with van der Waals surface area (Å²) >= 11 is 0. The van der Waals surface area contributed by atoms with Crippen LogP contribution in [0.2, 0.25) is 0 Å². The molecule has 1 rings (SSSR count). The third-order valence-electron chi connectivity index (χ3n) is 2.98. The Morgan fingerprint density at radius 3 is 2.33 bits per heavy atom. The number of carboxylic acid groups (broad SMARTS) is 1. The van der Waals surface area contributed by atoms with E-state index < -0.39 is 22.0 Å². The van der Waals surface area contributed by atoms with Crippen molar-refractivity contribution < 1.29 is 18.3 Å². The minimum absolute atomic E-state index is 0.162. The van der Waals surface area contributed by atoms with Crippen molar-refractivity contribution in [2.45, 2.75) is 44.0 Å². The average molecular weight is 314 g/mol. The summed E-state index contributed by atoms with van der Waals surface area (Å²) in [5, 5.41) is 12.1. The summed E-state index contributed by atoms with van der Waals surface area (Å²) in [7, 11) is -3.48. The van der Waals surface area contributed by atoms with Crippen LogP contribution in [-0.4, -0.2) is 32.1 Å². The molecule has 0 amide bonds. The molecule has 0 aliphatic heterocycles. The zero-order chi connectivity index (χ0) is 15.9. The second kappa shape index (κ2) is 7.99. The SMILES string of the molecule is CCCCC(Nc1ccc(S(=O)(=O)NCC)cc1)C(=O)O. The van der Waals surface area contributed by atoms with E-state index >= 15 is 0 Å². The highest BCUT2D eigenvalue weighted by atomic mass is 32.2. The van der Waals surface area contributed by atoms with Crippen LogP contribution in [-0.2, 0) is 14.8 Å². The first kappa shape index (κ1) is 17.5. The molecule has 0 aliphatic rings. The van der Waals surface area contributed by atoms with Gasteiger partial charge in [-0.1, -0.05) is 26.7 Å². The predicted octanol–water partition coefficient (Wildman–Crippen LogP) is 2.04. The molecule has 1 aromatic rings. The summed E-state index contributed by atoms with van der Waals surface area (Å²) in [5.41, 5.74) is 0.592. The Hall–Kier alpha value is -1.60. The van der Waals surface area contributed by atoms with Gasteiger partial charge in [-0.15, -0.1) is 0 Å². The van der Waals surface area contributed by atoms with E-state index in [1.807, 2.05) is 6.92 Å². The van der Waals surface area contributed by atoms with E-state index in [2.05, 4.69) is 10.0 Å². The highest BCUT2D eigenvalue weighted by Gasteiger charge is 2.17. The van der Waals surface area contributed by atoms with E-state index in [-0.39, 0.29) is 4.90 Å². The van der Waals surface area contributed by atoms with E-state index in [1.54, 1.807) is 19.1 Å². The molecule has 0 fully saturated rings. The third kappa shape index (κ3) is 5.35. The van der Waals surface area contributed by atoms with Crippen LogP contribution < -0.4 is 10.0 Å². The number of hydrogen-bond donors (Lipinski definition) is 3. The van der Waals surface area contributed by atoms with Gasteiger partial charge >= 0.3 is 5.97 Å². The summed E-state index contributed by atoms with van der Waals surface area (Å²) < 4.78 is 26.0. The Morgan fingerprint density at radius 1 is 1.24 bits per heavy atom. The molecule has 21 heavy (non-hydrogen) atoms. The minimum Gasteiger partial charge on any atom is -0.480 e. The molecular formula is C14H22N2O4S. The fourth-order valence-electron chi connectivity index (χ4n) is 1.87. The summed E-state index contributed by atoms with van der Waals surface area (Å²) in [6.45, 7) is 4.03. The van der Waals surface area contributed by atoms with Crippen LogP contribution in [0.25, 0.3) is 0 Å². The molecule has 1 atom stereocenters. The van der Waals surface area contributed by atoms with E-state index in [9.17, 15) is 13.2 Å². The van der Waals surface area contributed by atoms with Crippen molar-refractivity contribution in [3.63, 3.8) is 0 Å². The molecule has 3 N–H and O–H groups in total. The Morgan fingerprint density at radius 2 is 1.86 bits per heavy atom. The lowest BCUT2D eigenvalue weighted by molar-refractivity contribution is -0.138. The minimum atomic E-state index is -3.48. The van der Waals surface area contributed by atoms with Crippen LogP contribution in [0.15, 0.2) is 29.2 Å². The van der Waals surface area contributed by atoms with E-state index in [0.717, 1.165) is 12.8 Å². The van der Waals surface area contributed by atoms with Gasteiger partial charge in [-0.3, -0.25) is 0 Å². The second-order valence-corrected chi connectivity index (χ2v) is 6.47. The lowest BCUT2D eigenvalue weighted by Crippen LogP contribution is -2.29. The third-order valence-corrected chi connectivity index (χ3v) is 4.55. The van der Waals surface area contributed by atoms with Gasteiger partial charge in [0.1, 0.15) is 6.04 Å². The van der Waals surface area contributed by atoms with Gasteiger partial charge in [0.15, 0.2) is 0 Å². The van der Waals surface area contributed by atoms with Crippen molar-refractivity contribution in [1.29, 1.82) is 0 Å². The number of sulfonamides is 1. The van der Waals surface area contributed by atoms with Crippen molar-refractivity contribution in [3.05, 3.63) is 24.3 Å². The first-order valence-corrected chi connectivity index (χ1v) is 8.48. The zero-order valence-corrected chi connectivity index (χ0v) is 13.1. The van der Waals surface area contributed by atoms with Gasteiger partial charge in [-0.25, -0.2) is 17.9 Å². The molecule has 7 heteroatoms. The van der Waals surface area contributed by atoms with E-state index in [1.165, 1.54) is 12.1 Å². The van der Waals surface area contributed by atoms with Gasteiger partial charge in [-0.05, 0) is 30.7 Å². The molecule has 1 unspecified atom stereocenters. The van der Waals surface area contributed by atoms with E-state index in [0.29, 0.717) is 18.7 Å². The summed E-state index contributed by atoms with van der Waals surface area (Å²) in [6, 6.07) is 5.40. The number of anilines is 1. The van der Waals surface area contributed by atoms with Gasteiger partial charge < -0.3 is 10.4 Å². The molecule has 1 aromatic carbocycles. The second-order valence-electron chi connectivity index (χ2n) is 4.70. The molecule has 0 spiro atoms. The summed E-state index contributed by atoms with van der Waals surface area (Å²) in [4.78, 5) is 11.3. The number of carbonyl (C=O) groups is 1. The maximum Gasteiger partial charge on any atom is 0.326 e. The van der Waals surface area contributed by atoms with Gasteiger partial charge in [-0.2, -0.15) is 0 Å². The highest BCUT2D eigenvalue weighted by molar-refractivity contribution is 7.89. The Labute approximate surface area is 125 Å². The number of rotatable bonds is 9. The first-order chi connectivity index (χ1) is 9.90. The van der Waals surface area contributed by atoms with Crippen molar-refractivity contribution in [2.75, 3.05) is 11.9 Å². The molecule has 0 bridgehead atoms. The standard InChI is InChI=1S/C14H22N2O4S/c1-3-5-6-13(14(17)18)16-11-7-9-12(10-8-11)21(19,20)15-4-2/h7-10,13,15-16H,3-6H2,1-2H3,(H,17,18). The van der Waals surface area contributed by atoms with Crippen LogP contribution in [0.4, 0.5) is 5.69 Å². The molecule has 6 nitrogen and oxygen atoms in total. The van der Waals surface area contributed by atoms with Crippen LogP contribution in [0.1, 0.15) is 33.1 Å². The predicted molar refractivity (Wildman–Crippen MR) is 81.9 cm³/mol. The van der Waals surface area contributed by atoms with Crippen LogP contribution in [0, 0.1) is 0 Å². The number of benzene rings is 1. The Kier molecular flexibility index (Phi) is 6.64. The maximum absolute atomic E-state index is 11.8. The summed E-state index contributed by atoms with van der Waals surface area (Å²) in [5.74, 6) is -0.909. The first-order valence-electron chi connectivity index (χ1n) is 6.99. The Bertz CT molecular complexity index is 555. The molecule has 0 radical (unpaired) electrons. The maximum atomic E-state index is 11.8. The monoisotopic (exact) mass is 314 g/mol. The number of aliphatic carboxylic acids is 1. The number of hydrogen-bond acceptors (Lipinski definition) is 4. The fraction of sp³-hybridized carbons (Fsp3) is 0.500. The van der Waals surface area contributed by atoms with Crippen LogP contribution in [0.3, 0.4) is 0 Å². The molecule has 0 heterocycles. The lowest BCUT2D eigenvalue weighted by atomic mass is 10.1. The summed E-state index contributed by atoms with van der Waals surface area (Å²) in [6.07, 6.45) is 2.27. The molecule has 0 saturated carbocycles. The van der Waals surface area contributed by atoms with Crippen molar-refractivity contribution in [1.82, 2.24) is 4.72 Å². The topological polar surface area (TPSA) is 95.5 Å². The zero-order valence-electron chi connectivity index (χ0n) is 12.3. The van der Waals surface area contributed by atoms with Crippen LogP contribution in [0.5, 0.6) is 0 Å². The van der Waals surface area contributed by atoms with Crippen molar-refractivity contribution in [3.8, 4) is 0 Å². The number of carboxylic acids is 1. The lowest BCUT2D eigenvalue weighted by Gasteiger charge is -2.15. The molecule has 118 valence electrons. The number of unbranched alkanes of at least 4 members (excludes halogenated alkanes) is 1. The van der Waals surface area contributed by atoms with Gasteiger partial charge in [0.05, 0.1) is 4.90 Å². The largest absolute Gasteiger partial charge is 0.480 e. The Balaban J connectivity index is 2.80. The smallest absolute Gasteiger partial charge is 0.326 e. The van der Waals surface area contributed by atoms with Crippen molar-refractivity contribution in [2.24, 2.45) is 0 Å². The quantitative estimate of drug-likeness (QED) is 0.648. The normalized spacial score (nSPS) is 12.9. The van der Waals surface area contributed by atoms with E-state index in [4.69, 9.17) is 5.11 Å². The van der Waals surface area contributed by atoms with Gasteiger partial charge in [0.25, 0.3) is 0 Å². The van der Waals surface area contributed by atoms with Crippen molar-refractivity contribution >= 4 is 21.7 Å². The highest BCUT2D eigenvalue weighted by Crippen LogP contribution is 2.16. The average Bonchev–Trinajstić information content (AvgIpc) is 2.43. The molecule has 0 saturated heterocycles. The van der Waals surface area contributed by atoms with Crippen LogP contribution >= 0.6 is 0 Å². The molecule has 0 aliphatic carbocycles. The van der Waals surface area contributed by atoms with Gasteiger partial charge in [0.2, 0.25) is 10.0 Å². The molecular weight excluding hydrogens is 292 g/mol. The molecule has 0 aromatic heterocycles.